The standard InChI is InChI=1S/C15H23N3O2/c1-12(2)17-15(19)20-14-5-3-13(4-6-14)11-18-9-7-16-8-10-18/h3-6,12,16H,7-11H2,1-2H3,(H,17,19). The average molecular weight is 277 g/mol. The van der Waals surface area contributed by atoms with Crippen molar-refractivity contribution in [2.75, 3.05) is 26.2 Å². The minimum absolute atomic E-state index is 0.0782. The van der Waals surface area contributed by atoms with E-state index in [0.29, 0.717) is 5.75 Å². The molecule has 1 aromatic rings. The first-order valence-electron chi connectivity index (χ1n) is 7.14. The molecule has 1 amide bonds. The second-order valence-electron chi connectivity index (χ2n) is 5.36. The summed E-state index contributed by atoms with van der Waals surface area (Å²) in [6.07, 6.45) is -0.408. The third-order valence-corrected chi connectivity index (χ3v) is 3.16. The van der Waals surface area contributed by atoms with Crippen molar-refractivity contribution in [1.82, 2.24) is 15.5 Å². The molecule has 1 aliphatic heterocycles. The summed E-state index contributed by atoms with van der Waals surface area (Å²) in [6, 6.07) is 7.80. The molecule has 2 N–H and O–H groups in total. The van der Waals surface area contributed by atoms with Gasteiger partial charge in [-0.3, -0.25) is 4.90 Å². The highest BCUT2D eigenvalue weighted by atomic mass is 16.6. The van der Waals surface area contributed by atoms with E-state index in [0.717, 1.165) is 32.7 Å². The van der Waals surface area contributed by atoms with Gasteiger partial charge in [0.05, 0.1) is 0 Å². The number of hydrogen-bond acceptors (Lipinski definition) is 4. The first kappa shape index (κ1) is 14.8. The molecule has 0 bridgehead atoms. The highest BCUT2D eigenvalue weighted by Gasteiger charge is 2.10. The molecule has 0 unspecified atom stereocenters. The van der Waals surface area contributed by atoms with Crippen molar-refractivity contribution in [3.8, 4) is 5.75 Å². The summed E-state index contributed by atoms with van der Waals surface area (Å²) >= 11 is 0. The maximum atomic E-state index is 11.5. The van der Waals surface area contributed by atoms with E-state index >= 15 is 0 Å². The Kier molecular flexibility index (Phi) is 5.38. The van der Waals surface area contributed by atoms with Gasteiger partial charge in [0.15, 0.2) is 0 Å². The third-order valence-electron chi connectivity index (χ3n) is 3.16. The first-order chi connectivity index (χ1) is 9.63. The molecule has 1 saturated heterocycles. The van der Waals surface area contributed by atoms with Crippen LogP contribution in [-0.2, 0) is 6.54 Å². The molecule has 1 aromatic carbocycles. The molecule has 5 nitrogen and oxygen atoms in total. The van der Waals surface area contributed by atoms with Crippen molar-refractivity contribution in [3.05, 3.63) is 29.8 Å². The highest BCUT2D eigenvalue weighted by Crippen LogP contribution is 2.14. The number of carbonyl (C=O) groups excluding carboxylic acids is 1. The normalized spacial score (nSPS) is 16.1. The van der Waals surface area contributed by atoms with Crippen LogP contribution in [0.1, 0.15) is 19.4 Å². The molecule has 0 aliphatic carbocycles. The Bertz CT molecular complexity index is 425. The van der Waals surface area contributed by atoms with Gasteiger partial charge in [0.25, 0.3) is 0 Å². The fourth-order valence-corrected chi connectivity index (χ4v) is 2.16. The van der Waals surface area contributed by atoms with Crippen molar-refractivity contribution in [3.63, 3.8) is 0 Å². The summed E-state index contributed by atoms with van der Waals surface area (Å²) in [4.78, 5) is 13.9. The van der Waals surface area contributed by atoms with Crippen molar-refractivity contribution < 1.29 is 9.53 Å². The lowest BCUT2D eigenvalue weighted by Crippen LogP contribution is -2.42. The summed E-state index contributed by atoms with van der Waals surface area (Å²) in [5, 5.41) is 6.04. The van der Waals surface area contributed by atoms with E-state index in [1.807, 2.05) is 38.1 Å². The van der Waals surface area contributed by atoms with Gasteiger partial charge in [0, 0.05) is 38.8 Å². The average Bonchev–Trinajstić information content (AvgIpc) is 2.41. The molecule has 2 rings (SSSR count). The summed E-state index contributed by atoms with van der Waals surface area (Å²) < 4.78 is 5.20. The SMILES string of the molecule is CC(C)NC(=O)Oc1ccc(CN2CCNCC2)cc1. The molecule has 1 aliphatic rings. The van der Waals surface area contributed by atoms with Gasteiger partial charge in [-0.15, -0.1) is 0 Å². The molecular weight excluding hydrogens is 254 g/mol. The lowest BCUT2D eigenvalue weighted by atomic mass is 10.2. The van der Waals surface area contributed by atoms with Gasteiger partial charge in [-0.2, -0.15) is 0 Å². The number of benzene rings is 1. The molecule has 110 valence electrons. The third kappa shape index (κ3) is 4.83. The molecule has 0 radical (unpaired) electrons. The van der Waals surface area contributed by atoms with E-state index < -0.39 is 6.09 Å². The molecule has 0 spiro atoms. The van der Waals surface area contributed by atoms with Crippen molar-refractivity contribution in [1.29, 1.82) is 0 Å². The van der Waals surface area contributed by atoms with Crippen LogP contribution in [0.5, 0.6) is 5.75 Å². The quantitative estimate of drug-likeness (QED) is 0.877. The zero-order valence-corrected chi connectivity index (χ0v) is 12.2. The van der Waals surface area contributed by atoms with Gasteiger partial charge >= 0.3 is 6.09 Å². The van der Waals surface area contributed by atoms with Crippen molar-refractivity contribution >= 4 is 6.09 Å². The number of nitrogens with one attached hydrogen (secondary N) is 2. The van der Waals surface area contributed by atoms with Crippen LogP contribution in [0.3, 0.4) is 0 Å². The molecule has 0 saturated carbocycles. The Labute approximate surface area is 120 Å². The van der Waals surface area contributed by atoms with E-state index in [-0.39, 0.29) is 6.04 Å². The van der Waals surface area contributed by atoms with Crippen molar-refractivity contribution in [2.24, 2.45) is 0 Å². The second-order valence-corrected chi connectivity index (χ2v) is 5.36. The summed E-state index contributed by atoms with van der Waals surface area (Å²) in [7, 11) is 0. The van der Waals surface area contributed by atoms with Gasteiger partial charge in [0.1, 0.15) is 5.75 Å². The van der Waals surface area contributed by atoms with E-state index in [1.54, 1.807) is 0 Å². The predicted molar refractivity (Wildman–Crippen MR) is 78.9 cm³/mol. The van der Waals surface area contributed by atoms with Crippen LogP contribution < -0.4 is 15.4 Å². The minimum Gasteiger partial charge on any atom is -0.410 e. The van der Waals surface area contributed by atoms with Crippen molar-refractivity contribution in [2.45, 2.75) is 26.4 Å². The Morgan fingerprint density at radius 3 is 2.55 bits per heavy atom. The number of piperazine rings is 1. The lowest BCUT2D eigenvalue weighted by molar-refractivity contribution is 0.197. The maximum Gasteiger partial charge on any atom is 0.412 e. The van der Waals surface area contributed by atoms with Crippen LogP contribution in [-0.4, -0.2) is 43.2 Å². The monoisotopic (exact) mass is 277 g/mol. The van der Waals surface area contributed by atoms with Gasteiger partial charge < -0.3 is 15.4 Å². The number of nitrogens with zero attached hydrogens (tertiary/aromatic N) is 1. The summed E-state index contributed by atoms with van der Waals surface area (Å²) in [5.74, 6) is 0.576. The Morgan fingerprint density at radius 2 is 1.95 bits per heavy atom. The molecule has 1 heterocycles. The number of hydrogen-bond donors (Lipinski definition) is 2. The Balaban J connectivity index is 1.84. The number of carbonyl (C=O) groups is 1. The van der Waals surface area contributed by atoms with Crippen LogP contribution >= 0.6 is 0 Å². The van der Waals surface area contributed by atoms with Crippen LogP contribution in [0.25, 0.3) is 0 Å². The van der Waals surface area contributed by atoms with Gasteiger partial charge in [-0.05, 0) is 31.5 Å². The molecule has 0 aromatic heterocycles. The maximum absolute atomic E-state index is 11.5. The zero-order chi connectivity index (χ0) is 14.4. The van der Waals surface area contributed by atoms with Crippen LogP contribution in [0.2, 0.25) is 0 Å². The summed E-state index contributed by atoms with van der Waals surface area (Å²) in [5.41, 5.74) is 1.24. The minimum atomic E-state index is -0.408. The first-order valence-corrected chi connectivity index (χ1v) is 7.14. The lowest BCUT2D eigenvalue weighted by Gasteiger charge is -2.27. The van der Waals surface area contributed by atoms with Crippen LogP contribution in [0, 0.1) is 0 Å². The molecular formula is C15H23N3O2. The predicted octanol–water partition coefficient (Wildman–Crippen LogP) is 1.59. The molecule has 20 heavy (non-hydrogen) atoms. The van der Waals surface area contributed by atoms with Crippen LogP contribution in [0.15, 0.2) is 24.3 Å². The fraction of sp³-hybridized carbons (Fsp3) is 0.533. The number of rotatable bonds is 4. The summed E-state index contributed by atoms with van der Waals surface area (Å²) in [6.45, 7) is 9.01. The smallest absolute Gasteiger partial charge is 0.410 e. The number of ether oxygens (including phenoxy) is 1. The fourth-order valence-electron chi connectivity index (χ4n) is 2.16. The van der Waals surface area contributed by atoms with E-state index in [1.165, 1.54) is 5.56 Å². The van der Waals surface area contributed by atoms with E-state index in [2.05, 4.69) is 15.5 Å². The molecule has 1 fully saturated rings. The second kappa shape index (κ2) is 7.26. The largest absolute Gasteiger partial charge is 0.412 e. The van der Waals surface area contributed by atoms with E-state index in [9.17, 15) is 4.79 Å². The Hall–Kier alpha value is -1.59. The van der Waals surface area contributed by atoms with Gasteiger partial charge in [0.2, 0.25) is 0 Å². The Morgan fingerprint density at radius 1 is 1.30 bits per heavy atom. The highest BCUT2D eigenvalue weighted by molar-refractivity contribution is 5.70. The number of amides is 1. The molecule has 0 atom stereocenters. The van der Waals surface area contributed by atoms with E-state index in [4.69, 9.17) is 4.74 Å². The topological polar surface area (TPSA) is 53.6 Å². The van der Waals surface area contributed by atoms with Crippen LogP contribution in [0.4, 0.5) is 4.79 Å². The zero-order valence-electron chi connectivity index (χ0n) is 12.2. The van der Waals surface area contributed by atoms with Gasteiger partial charge in [-0.25, -0.2) is 4.79 Å². The van der Waals surface area contributed by atoms with Gasteiger partial charge in [-0.1, -0.05) is 12.1 Å². The molecule has 5 heteroatoms.